The lowest BCUT2D eigenvalue weighted by atomic mass is 9.89. The molecule has 0 fully saturated rings. The number of pyridine rings is 1. The van der Waals surface area contributed by atoms with Crippen LogP contribution in [0.2, 0.25) is 0 Å². The SMILES string of the molecule is Cc1cc(NC(=O)C2=Cc3cc(-c4ccccc4)ccc3CC2)ccc1C[n+]1ccccc1. The van der Waals surface area contributed by atoms with Crippen LogP contribution in [0.1, 0.15) is 28.7 Å². The van der Waals surface area contributed by atoms with Crippen LogP contribution in [0.5, 0.6) is 0 Å². The Morgan fingerprint density at radius 2 is 1.64 bits per heavy atom. The van der Waals surface area contributed by atoms with Gasteiger partial charge in [0.25, 0.3) is 5.91 Å². The van der Waals surface area contributed by atoms with Gasteiger partial charge in [-0.25, -0.2) is 4.57 Å². The first-order chi connectivity index (χ1) is 16.2. The maximum atomic E-state index is 13.0. The number of aryl methyl sites for hydroxylation is 2. The van der Waals surface area contributed by atoms with Crippen molar-refractivity contribution in [1.82, 2.24) is 0 Å². The predicted molar refractivity (Wildman–Crippen MR) is 134 cm³/mol. The largest absolute Gasteiger partial charge is 0.322 e. The molecule has 0 unspecified atom stereocenters. The molecule has 1 aromatic heterocycles. The number of hydrogen-bond acceptors (Lipinski definition) is 1. The van der Waals surface area contributed by atoms with E-state index in [1.807, 2.05) is 36.4 Å². The van der Waals surface area contributed by atoms with Crippen LogP contribution in [-0.4, -0.2) is 5.91 Å². The van der Waals surface area contributed by atoms with Gasteiger partial charge in [-0.1, -0.05) is 54.6 Å². The molecule has 0 saturated heterocycles. The highest BCUT2D eigenvalue weighted by molar-refractivity contribution is 6.07. The van der Waals surface area contributed by atoms with Gasteiger partial charge in [-0.15, -0.1) is 0 Å². The van der Waals surface area contributed by atoms with E-state index in [2.05, 4.69) is 83.8 Å². The molecule has 1 aliphatic carbocycles. The number of carbonyl (C=O) groups excluding carboxylic acids is 1. The average molecular weight is 432 g/mol. The van der Waals surface area contributed by atoms with Crippen molar-refractivity contribution in [2.75, 3.05) is 5.32 Å². The van der Waals surface area contributed by atoms with E-state index in [1.54, 1.807) is 0 Å². The van der Waals surface area contributed by atoms with E-state index in [-0.39, 0.29) is 5.91 Å². The third kappa shape index (κ3) is 4.78. The lowest BCUT2D eigenvalue weighted by molar-refractivity contribution is -0.688. The molecule has 0 spiro atoms. The summed E-state index contributed by atoms with van der Waals surface area (Å²) in [5.41, 5.74) is 8.87. The molecule has 0 bridgehead atoms. The van der Waals surface area contributed by atoms with E-state index in [0.29, 0.717) is 0 Å². The molecular formula is C30H27N2O+. The minimum atomic E-state index is -0.0182. The van der Waals surface area contributed by atoms with Crippen LogP contribution >= 0.6 is 0 Å². The summed E-state index contributed by atoms with van der Waals surface area (Å²) in [4.78, 5) is 13.0. The quantitative estimate of drug-likeness (QED) is 0.388. The third-order valence-corrected chi connectivity index (χ3v) is 6.27. The molecule has 0 saturated carbocycles. The van der Waals surface area contributed by atoms with Crippen LogP contribution < -0.4 is 9.88 Å². The molecule has 0 aliphatic heterocycles. The average Bonchev–Trinajstić information content (AvgIpc) is 2.86. The van der Waals surface area contributed by atoms with Gasteiger partial charge < -0.3 is 5.32 Å². The van der Waals surface area contributed by atoms with Crippen molar-refractivity contribution in [3.05, 3.63) is 125 Å². The molecule has 1 amide bonds. The molecule has 4 aromatic rings. The van der Waals surface area contributed by atoms with E-state index < -0.39 is 0 Å². The Hall–Kier alpha value is -3.98. The number of nitrogens with zero attached hydrogens (tertiary/aromatic N) is 1. The molecule has 1 heterocycles. The van der Waals surface area contributed by atoms with Crippen LogP contribution in [0.25, 0.3) is 17.2 Å². The summed E-state index contributed by atoms with van der Waals surface area (Å²) in [6.45, 7) is 2.91. The number of hydrogen-bond donors (Lipinski definition) is 1. The summed E-state index contributed by atoms with van der Waals surface area (Å²) in [5.74, 6) is -0.0182. The minimum Gasteiger partial charge on any atom is -0.322 e. The summed E-state index contributed by atoms with van der Waals surface area (Å²) in [5, 5.41) is 3.11. The van der Waals surface area contributed by atoms with Crippen molar-refractivity contribution in [1.29, 1.82) is 0 Å². The number of aromatic nitrogens is 1. The molecule has 1 aliphatic rings. The van der Waals surface area contributed by atoms with Crippen molar-refractivity contribution in [2.24, 2.45) is 0 Å². The second-order valence-electron chi connectivity index (χ2n) is 8.59. The maximum Gasteiger partial charge on any atom is 0.251 e. The number of anilines is 1. The highest BCUT2D eigenvalue weighted by atomic mass is 16.1. The first kappa shape index (κ1) is 20.9. The molecule has 3 heteroatoms. The zero-order chi connectivity index (χ0) is 22.6. The number of nitrogens with one attached hydrogen (secondary N) is 1. The van der Waals surface area contributed by atoms with Crippen molar-refractivity contribution in [3.63, 3.8) is 0 Å². The number of benzene rings is 3. The Balaban J connectivity index is 1.32. The van der Waals surface area contributed by atoms with E-state index in [9.17, 15) is 4.79 Å². The summed E-state index contributed by atoms with van der Waals surface area (Å²) in [6, 6.07) is 29.1. The van der Waals surface area contributed by atoms with Crippen molar-refractivity contribution in [3.8, 4) is 11.1 Å². The summed E-state index contributed by atoms with van der Waals surface area (Å²) < 4.78 is 2.15. The highest BCUT2D eigenvalue weighted by Gasteiger charge is 2.17. The summed E-state index contributed by atoms with van der Waals surface area (Å²) in [7, 11) is 0. The second-order valence-corrected chi connectivity index (χ2v) is 8.59. The van der Waals surface area contributed by atoms with Gasteiger partial charge in [0, 0.05) is 29.0 Å². The van der Waals surface area contributed by atoms with Gasteiger partial charge in [0.1, 0.15) is 0 Å². The van der Waals surface area contributed by atoms with Crippen molar-refractivity contribution in [2.45, 2.75) is 26.3 Å². The van der Waals surface area contributed by atoms with Crippen LogP contribution in [0.4, 0.5) is 5.69 Å². The third-order valence-electron chi connectivity index (χ3n) is 6.27. The molecule has 3 nitrogen and oxygen atoms in total. The zero-order valence-electron chi connectivity index (χ0n) is 18.8. The lowest BCUT2D eigenvalue weighted by Crippen LogP contribution is -2.33. The minimum absolute atomic E-state index is 0.0182. The van der Waals surface area contributed by atoms with Crippen molar-refractivity contribution >= 4 is 17.7 Å². The Bertz CT molecular complexity index is 1320. The fourth-order valence-electron chi connectivity index (χ4n) is 4.37. The van der Waals surface area contributed by atoms with Gasteiger partial charge in [-0.05, 0) is 71.9 Å². The van der Waals surface area contributed by atoms with Crippen LogP contribution in [0.3, 0.4) is 0 Å². The molecular weight excluding hydrogens is 404 g/mol. The van der Waals surface area contributed by atoms with Gasteiger partial charge in [-0.2, -0.15) is 0 Å². The first-order valence-corrected chi connectivity index (χ1v) is 11.4. The summed E-state index contributed by atoms with van der Waals surface area (Å²) in [6.07, 6.45) is 7.81. The molecule has 33 heavy (non-hydrogen) atoms. The Kier molecular flexibility index (Phi) is 5.86. The van der Waals surface area contributed by atoms with Gasteiger partial charge in [0.15, 0.2) is 18.9 Å². The second kappa shape index (κ2) is 9.25. The monoisotopic (exact) mass is 431 g/mol. The van der Waals surface area contributed by atoms with Crippen LogP contribution in [0.15, 0.2) is 103 Å². The Labute approximate surface area is 195 Å². The summed E-state index contributed by atoms with van der Waals surface area (Å²) >= 11 is 0. The Morgan fingerprint density at radius 3 is 2.42 bits per heavy atom. The molecule has 3 aromatic carbocycles. The van der Waals surface area contributed by atoms with Crippen molar-refractivity contribution < 1.29 is 9.36 Å². The molecule has 0 atom stereocenters. The topological polar surface area (TPSA) is 33.0 Å². The maximum absolute atomic E-state index is 13.0. The number of carbonyl (C=O) groups is 1. The lowest BCUT2D eigenvalue weighted by Gasteiger charge is -2.18. The van der Waals surface area contributed by atoms with Gasteiger partial charge in [0.2, 0.25) is 0 Å². The van der Waals surface area contributed by atoms with Gasteiger partial charge in [0.05, 0.1) is 0 Å². The van der Waals surface area contributed by atoms with E-state index in [1.165, 1.54) is 27.8 Å². The zero-order valence-corrected chi connectivity index (χ0v) is 18.8. The van der Waals surface area contributed by atoms with Gasteiger partial charge in [-0.3, -0.25) is 4.79 Å². The van der Waals surface area contributed by atoms with Gasteiger partial charge >= 0.3 is 0 Å². The molecule has 5 rings (SSSR count). The molecule has 0 radical (unpaired) electrons. The first-order valence-electron chi connectivity index (χ1n) is 11.4. The fourth-order valence-corrected chi connectivity index (χ4v) is 4.37. The molecule has 162 valence electrons. The van der Waals surface area contributed by atoms with E-state index in [0.717, 1.165) is 36.2 Å². The molecule has 1 N–H and O–H groups in total. The standard InChI is InChI=1S/C30H26N2O/c1-22-18-29(15-14-27(22)21-32-16-6-3-7-17-32)31-30(33)26-13-11-24-10-12-25(19-28(24)20-26)23-8-4-2-5-9-23/h2-10,12,14-20H,11,13,21H2,1H3/p+1. The van der Waals surface area contributed by atoms with E-state index in [4.69, 9.17) is 0 Å². The smallest absolute Gasteiger partial charge is 0.251 e. The van der Waals surface area contributed by atoms with Crippen LogP contribution in [-0.2, 0) is 17.8 Å². The Morgan fingerprint density at radius 1 is 0.848 bits per heavy atom. The fraction of sp³-hybridized carbons (Fsp3) is 0.133. The highest BCUT2D eigenvalue weighted by Crippen LogP contribution is 2.29. The number of amides is 1. The van der Waals surface area contributed by atoms with E-state index >= 15 is 0 Å². The van der Waals surface area contributed by atoms with Crippen LogP contribution in [0, 0.1) is 6.92 Å². The normalized spacial score (nSPS) is 12.6. The number of rotatable bonds is 5. The number of fused-ring (bicyclic) bond motifs is 1. The predicted octanol–water partition coefficient (Wildman–Crippen LogP) is 5.97.